The summed E-state index contributed by atoms with van der Waals surface area (Å²) < 4.78 is 10.7. The quantitative estimate of drug-likeness (QED) is 0.736. The van der Waals surface area contributed by atoms with Crippen molar-refractivity contribution in [3.05, 3.63) is 28.8 Å². The summed E-state index contributed by atoms with van der Waals surface area (Å²) in [6.07, 6.45) is 0.860. The van der Waals surface area contributed by atoms with E-state index in [4.69, 9.17) is 21.1 Å². The topological polar surface area (TPSA) is 30.5 Å². The van der Waals surface area contributed by atoms with Crippen LogP contribution in [0.5, 0.6) is 5.75 Å². The van der Waals surface area contributed by atoms with E-state index < -0.39 is 0 Å². The van der Waals surface area contributed by atoms with Crippen LogP contribution >= 0.6 is 11.6 Å². The number of hydrogen-bond donors (Lipinski definition) is 1. The number of rotatable bonds is 8. The molecule has 0 bridgehead atoms. The summed E-state index contributed by atoms with van der Waals surface area (Å²) >= 11 is 6.17. The SMILES string of the molecule is COCCCOc1c(Cl)cccc1CNC(C)C. The fourth-order valence-electron chi connectivity index (χ4n) is 1.55. The molecule has 3 nitrogen and oxygen atoms in total. The number of methoxy groups -OCH3 is 1. The fraction of sp³-hybridized carbons (Fsp3) is 0.571. The van der Waals surface area contributed by atoms with E-state index in [0.717, 1.165) is 24.3 Å². The zero-order valence-corrected chi connectivity index (χ0v) is 12.1. The summed E-state index contributed by atoms with van der Waals surface area (Å²) in [5.74, 6) is 0.781. The summed E-state index contributed by atoms with van der Waals surface area (Å²) in [4.78, 5) is 0. The van der Waals surface area contributed by atoms with Gasteiger partial charge in [0.25, 0.3) is 0 Å². The largest absolute Gasteiger partial charge is 0.492 e. The van der Waals surface area contributed by atoms with Gasteiger partial charge in [0.2, 0.25) is 0 Å². The van der Waals surface area contributed by atoms with Crippen molar-refractivity contribution in [2.75, 3.05) is 20.3 Å². The molecule has 18 heavy (non-hydrogen) atoms. The normalized spacial score (nSPS) is 10.9. The van der Waals surface area contributed by atoms with Crippen molar-refractivity contribution >= 4 is 11.6 Å². The first-order valence-corrected chi connectivity index (χ1v) is 6.65. The van der Waals surface area contributed by atoms with Crippen LogP contribution in [-0.2, 0) is 11.3 Å². The van der Waals surface area contributed by atoms with Gasteiger partial charge in [-0.05, 0) is 6.07 Å². The van der Waals surface area contributed by atoms with E-state index in [1.54, 1.807) is 7.11 Å². The van der Waals surface area contributed by atoms with Gasteiger partial charge in [-0.25, -0.2) is 0 Å². The van der Waals surface area contributed by atoms with Crippen molar-refractivity contribution in [2.24, 2.45) is 0 Å². The van der Waals surface area contributed by atoms with Crippen LogP contribution in [0.2, 0.25) is 5.02 Å². The smallest absolute Gasteiger partial charge is 0.142 e. The number of halogens is 1. The van der Waals surface area contributed by atoms with E-state index in [1.165, 1.54) is 0 Å². The second-order valence-corrected chi connectivity index (χ2v) is 4.87. The molecule has 0 aliphatic rings. The van der Waals surface area contributed by atoms with Gasteiger partial charge in [0, 0.05) is 38.3 Å². The van der Waals surface area contributed by atoms with Crippen molar-refractivity contribution in [1.29, 1.82) is 0 Å². The average molecular weight is 272 g/mol. The molecule has 0 amide bonds. The Hall–Kier alpha value is -0.770. The highest BCUT2D eigenvalue weighted by Gasteiger charge is 2.08. The van der Waals surface area contributed by atoms with Crippen LogP contribution in [0.25, 0.3) is 0 Å². The fourth-order valence-corrected chi connectivity index (χ4v) is 1.79. The van der Waals surface area contributed by atoms with Crippen molar-refractivity contribution < 1.29 is 9.47 Å². The molecule has 0 aliphatic heterocycles. The maximum Gasteiger partial charge on any atom is 0.142 e. The van der Waals surface area contributed by atoms with E-state index in [1.807, 2.05) is 18.2 Å². The summed E-state index contributed by atoms with van der Waals surface area (Å²) in [6, 6.07) is 6.27. The lowest BCUT2D eigenvalue weighted by Gasteiger charge is -2.15. The predicted octanol–water partition coefficient (Wildman–Crippen LogP) is 3.25. The zero-order chi connectivity index (χ0) is 13.4. The highest BCUT2D eigenvalue weighted by atomic mass is 35.5. The molecule has 1 aromatic rings. The van der Waals surface area contributed by atoms with E-state index in [-0.39, 0.29) is 0 Å². The molecule has 0 aromatic heterocycles. The summed E-state index contributed by atoms with van der Waals surface area (Å²) in [5.41, 5.74) is 1.09. The number of benzene rings is 1. The lowest BCUT2D eigenvalue weighted by molar-refractivity contribution is 0.171. The Bertz CT molecular complexity index is 356. The number of hydrogen-bond acceptors (Lipinski definition) is 3. The Balaban J connectivity index is 2.62. The van der Waals surface area contributed by atoms with Gasteiger partial charge >= 0.3 is 0 Å². The molecule has 102 valence electrons. The third-order valence-electron chi connectivity index (χ3n) is 2.49. The Morgan fingerprint density at radius 3 is 2.72 bits per heavy atom. The second-order valence-electron chi connectivity index (χ2n) is 4.46. The number of nitrogens with one attached hydrogen (secondary N) is 1. The highest BCUT2D eigenvalue weighted by molar-refractivity contribution is 6.32. The van der Waals surface area contributed by atoms with Crippen LogP contribution in [0.3, 0.4) is 0 Å². The molecular weight excluding hydrogens is 250 g/mol. The van der Waals surface area contributed by atoms with E-state index >= 15 is 0 Å². The molecule has 0 radical (unpaired) electrons. The Labute approximate surface area is 114 Å². The zero-order valence-electron chi connectivity index (χ0n) is 11.3. The van der Waals surface area contributed by atoms with Crippen molar-refractivity contribution in [3.8, 4) is 5.75 Å². The number of ether oxygens (including phenoxy) is 2. The molecule has 0 spiro atoms. The summed E-state index contributed by atoms with van der Waals surface area (Å²) in [6.45, 7) is 6.31. The lowest BCUT2D eigenvalue weighted by Crippen LogP contribution is -2.22. The van der Waals surface area contributed by atoms with Gasteiger partial charge in [-0.2, -0.15) is 0 Å². The van der Waals surface area contributed by atoms with Crippen LogP contribution in [0, 0.1) is 0 Å². The second kappa shape index (κ2) is 8.35. The summed E-state index contributed by atoms with van der Waals surface area (Å²) in [5, 5.41) is 4.03. The molecule has 0 heterocycles. The first-order chi connectivity index (χ1) is 8.65. The first-order valence-electron chi connectivity index (χ1n) is 6.27. The predicted molar refractivity (Wildman–Crippen MR) is 75.4 cm³/mol. The van der Waals surface area contributed by atoms with E-state index in [9.17, 15) is 0 Å². The molecule has 4 heteroatoms. The van der Waals surface area contributed by atoms with E-state index in [0.29, 0.717) is 24.3 Å². The van der Waals surface area contributed by atoms with Gasteiger partial charge in [-0.1, -0.05) is 37.6 Å². The molecule has 1 rings (SSSR count). The van der Waals surface area contributed by atoms with Crippen LogP contribution < -0.4 is 10.1 Å². The molecule has 0 aliphatic carbocycles. The highest BCUT2D eigenvalue weighted by Crippen LogP contribution is 2.28. The maximum absolute atomic E-state index is 6.17. The summed E-state index contributed by atoms with van der Waals surface area (Å²) in [7, 11) is 1.69. The molecule has 0 atom stereocenters. The van der Waals surface area contributed by atoms with Gasteiger partial charge in [0.05, 0.1) is 11.6 Å². The third kappa shape index (κ3) is 5.25. The van der Waals surface area contributed by atoms with Gasteiger partial charge < -0.3 is 14.8 Å². The van der Waals surface area contributed by atoms with Crippen LogP contribution in [0.4, 0.5) is 0 Å². The minimum atomic E-state index is 0.435. The Morgan fingerprint density at radius 1 is 1.28 bits per heavy atom. The van der Waals surface area contributed by atoms with Gasteiger partial charge in [0.1, 0.15) is 5.75 Å². The van der Waals surface area contributed by atoms with Gasteiger partial charge in [0.15, 0.2) is 0 Å². The molecule has 0 unspecified atom stereocenters. The molecular formula is C14H22ClNO2. The van der Waals surface area contributed by atoms with Crippen LogP contribution in [0.1, 0.15) is 25.8 Å². The van der Waals surface area contributed by atoms with Crippen molar-refractivity contribution in [1.82, 2.24) is 5.32 Å². The number of para-hydroxylation sites is 1. The minimum absolute atomic E-state index is 0.435. The standard InChI is InChI=1S/C14H22ClNO2/c1-11(2)16-10-12-6-4-7-13(15)14(12)18-9-5-8-17-3/h4,6-7,11,16H,5,8-10H2,1-3H3. The van der Waals surface area contributed by atoms with Crippen molar-refractivity contribution in [3.63, 3.8) is 0 Å². The van der Waals surface area contributed by atoms with E-state index in [2.05, 4.69) is 19.2 Å². The van der Waals surface area contributed by atoms with Crippen LogP contribution in [0.15, 0.2) is 18.2 Å². The van der Waals surface area contributed by atoms with Gasteiger partial charge in [-0.15, -0.1) is 0 Å². The molecule has 0 fully saturated rings. The molecule has 0 saturated carbocycles. The molecule has 1 N–H and O–H groups in total. The minimum Gasteiger partial charge on any atom is -0.492 e. The Kier molecular flexibility index (Phi) is 7.09. The van der Waals surface area contributed by atoms with Crippen LogP contribution in [-0.4, -0.2) is 26.4 Å². The van der Waals surface area contributed by atoms with Gasteiger partial charge in [-0.3, -0.25) is 0 Å². The third-order valence-corrected chi connectivity index (χ3v) is 2.79. The molecule has 1 aromatic carbocycles. The average Bonchev–Trinajstić information content (AvgIpc) is 2.34. The monoisotopic (exact) mass is 271 g/mol. The van der Waals surface area contributed by atoms with Crippen molar-refractivity contribution in [2.45, 2.75) is 32.9 Å². The molecule has 0 saturated heterocycles. The Morgan fingerprint density at radius 2 is 2.06 bits per heavy atom. The lowest BCUT2D eigenvalue weighted by atomic mass is 10.2. The first kappa shape index (κ1) is 15.3. The maximum atomic E-state index is 6.17.